The molecule has 0 unspecified atom stereocenters. The van der Waals surface area contributed by atoms with Gasteiger partial charge < -0.3 is 10.1 Å². The van der Waals surface area contributed by atoms with Crippen molar-refractivity contribution >= 4 is 38.9 Å². The van der Waals surface area contributed by atoms with Crippen LogP contribution in [0.3, 0.4) is 0 Å². The van der Waals surface area contributed by atoms with Gasteiger partial charge in [0.1, 0.15) is 5.75 Å². The van der Waals surface area contributed by atoms with Crippen LogP contribution in [-0.4, -0.2) is 20.9 Å². The average Bonchev–Trinajstić information content (AvgIpc) is 2.79. The number of ether oxygens (including phenoxy) is 1. The number of benzene rings is 3. The summed E-state index contributed by atoms with van der Waals surface area (Å²) in [7, 11) is -3.82. The first kappa shape index (κ1) is 24.6. The zero-order chi connectivity index (χ0) is 24.0. The number of carbonyl (C=O) groups excluding carboxylic acids is 1. The fourth-order valence-electron chi connectivity index (χ4n) is 3.32. The Morgan fingerprint density at radius 1 is 0.970 bits per heavy atom. The number of anilines is 2. The summed E-state index contributed by atoms with van der Waals surface area (Å²) in [4.78, 5) is 12.5. The minimum atomic E-state index is -3.82. The molecule has 0 aliphatic heterocycles. The fourth-order valence-corrected chi connectivity index (χ4v) is 4.71. The molecule has 3 aromatic rings. The molecule has 0 aromatic heterocycles. The number of aryl methyl sites for hydroxylation is 3. The quantitative estimate of drug-likeness (QED) is 0.412. The van der Waals surface area contributed by atoms with E-state index in [1.54, 1.807) is 12.1 Å². The number of para-hydroxylation sites is 1. The van der Waals surface area contributed by atoms with Gasteiger partial charge >= 0.3 is 0 Å². The van der Waals surface area contributed by atoms with E-state index in [9.17, 15) is 13.2 Å². The number of hydrogen-bond donors (Lipinski definition) is 2. The van der Waals surface area contributed by atoms with E-state index in [1.165, 1.54) is 18.2 Å². The maximum Gasteiger partial charge on any atom is 0.262 e. The molecule has 0 bridgehead atoms. The Morgan fingerprint density at radius 3 is 2.18 bits per heavy atom. The molecule has 0 heterocycles. The molecule has 0 aliphatic carbocycles. The van der Waals surface area contributed by atoms with Crippen molar-refractivity contribution in [1.29, 1.82) is 0 Å². The normalized spacial score (nSPS) is 11.2. The molecule has 1 amide bonds. The first-order valence-corrected chi connectivity index (χ1v) is 12.5. The minimum absolute atomic E-state index is 0.00524. The summed E-state index contributed by atoms with van der Waals surface area (Å²) < 4.78 is 33.4. The number of hydrogen-bond acceptors (Lipinski definition) is 4. The Labute approximate surface area is 200 Å². The molecule has 0 spiro atoms. The Morgan fingerprint density at radius 2 is 1.61 bits per heavy atom. The highest BCUT2D eigenvalue weighted by atomic mass is 35.5. The van der Waals surface area contributed by atoms with Crippen LogP contribution in [0.4, 0.5) is 11.4 Å². The van der Waals surface area contributed by atoms with E-state index in [-0.39, 0.29) is 28.2 Å². The van der Waals surface area contributed by atoms with Crippen molar-refractivity contribution in [3.05, 3.63) is 82.4 Å². The molecule has 8 heteroatoms. The van der Waals surface area contributed by atoms with E-state index >= 15 is 0 Å². The molecule has 0 saturated heterocycles. The third-order valence-corrected chi connectivity index (χ3v) is 6.81. The molecule has 6 nitrogen and oxygen atoms in total. The second kappa shape index (κ2) is 10.7. The molecule has 0 aliphatic rings. The van der Waals surface area contributed by atoms with E-state index in [0.717, 1.165) is 35.2 Å². The van der Waals surface area contributed by atoms with E-state index < -0.39 is 10.0 Å². The summed E-state index contributed by atoms with van der Waals surface area (Å²) in [5.74, 6) is -0.0972. The van der Waals surface area contributed by atoms with E-state index in [4.69, 9.17) is 16.3 Å². The van der Waals surface area contributed by atoms with Gasteiger partial charge in [-0.15, -0.1) is 0 Å². The second-order valence-corrected chi connectivity index (χ2v) is 9.65. The van der Waals surface area contributed by atoms with Crippen LogP contribution in [0, 0.1) is 6.92 Å². The molecule has 0 radical (unpaired) electrons. The largest absolute Gasteiger partial charge is 0.482 e. The smallest absolute Gasteiger partial charge is 0.262 e. The molecule has 0 atom stereocenters. The van der Waals surface area contributed by atoms with Gasteiger partial charge in [0.05, 0.1) is 9.92 Å². The van der Waals surface area contributed by atoms with Crippen molar-refractivity contribution in [3.63, 3.8) is 0 Å². The summed E-state index contributed by atoms with van der Waals surface area (Å²) in [6.45, 7) is 5.73. The fraction of sp³-hybridized carbons (Fsp3) is 0.240. The first-order chi connectivity index (χ1) is 15.7. The van der Waals surface area contributed by atoms with Crippen molar-refractivity contribution in [3.8, 4) is 5.75 Å². The Hall–Kier alpha value is -3.03. The lowest BCUT2D eigenvalue weighted by Gasteiger charge is -2.15. The van der Waals surface area contributed by atoms with E-state index in [0.29, 0.717) is 5.69 Å². The highest BCUT2D eigenvalue weighted by Gasteiger charge is 2.17. The lowest BCUT2D eigenvalue weighted by atomic mass is 10.0. The van der Waals surface area contributed by atoms with Crippen LogP contribution >= 0.6 is 11.6 Å². The molecule has 3 aromatic carbocycles. The SMILES string of the molecule is CCc1cccc(CC)c1NC(=O)COc1ccc(S(=O)(=O)Nc2ccc(C)cc2)cc1Cl. The highest BCUT2D eigenvalue weighted by Crippen LogP contribution is 2.29. The monoisotopic (exact) mass is 486 g/mol. The van der Waals surface area contributed by atoms with Gasteiger partial charge in [0.15, 0.2) is 6.61 Å². The zero-order valence-corrected chi connectivity index (χ0v) is 20.4. The molecular weight excluding hydrogens is 460 g/mol. The van der Waals surface area contributed by atoms with Crippen LogP contribution < -0.4 is 14.8 Å². The van der Waals surface area contributed by atoms with Crippen molar-refractivity contribution in [2.45, 2.75) is 38.5 Å². The van der Waals surface area contributed by atoms with Crippen LogP contribution in [0.5, 0.6) is 5.75 Å². The summed E-state index contributed by atoms with van der Waals surface area (Å²) in [5.41, 5.74) is 4.39. The third kappa shape index (κ3) is 6.27. The molecule has 0 saturated carbocycles. The Bertz CT molecular complexity index is 1220. The first-order valence-electron chi connectivity index (χ1n) is 10.7. The molecule has 3 rings (SSSR count). The highest BCUT2D eigenvalue weighted by molar-refractivity contribution is 7.92. The lowest BCUT2D eigenvalue weighted by molar-refractivity contribution is -0.118. The number of halogens is 1. The number of rotatable bonds is 9. The maximum atomic E-state index is 12.7. The van der Waals surface area contributed by atoms with Crippen molar-refractivity contribution in [2.75, 3.05) is 16.6 Å². The van der Waals surface area contributed by atoms with E-state index in [1.807, 2.05) is 51.1 Å². The van der Waals surface area contributed by atoms with Crippen LogP contribution in [0.1, 0.15) is 30.5 Å². The van der Waals surface area contributed by atoms with Gasteiger partial charge in [0, 0.05) is 11.4 Å². The third-order valence-electron chi connectivity index (χ3n) is 5.14. The van der Waals surface area contributed by atoms with Crippen LogP contribution in [0.25, 0.3) is 0 Å². The predicted octanol–water partition coefficient (Wildman–Crippen LogP) is 5.59. The topological polar surface area (TPSA) is 84.5 Å². The van der Waals surface area contributed by atoms with Gasteiger partial charge in [0.25, 0.3) is 15.9 Å². The van der Waals surface area contributed by atoms with Gasteiger partial charge in [0.2, 0.25) is 0 Å². The standard InChI is InChI=1S/C25H27ClN2O4S/c1-4-18-7-6-8-19(5-2)25(18)27-24(29)16-32-23-14-13-21(15-22(23)26)33(30,31)28-20-11-9-17(3)10-12-20/h6-15,28H,4-5,16H2,1-3H3,(H,27,29). The Balaban J connectivity index is 1.67. The van der Waals surface area contributed by atoms with Crippen LogP contribution in [-0.2, 0) is 27.7 Å². The number of amides is 1. The number of nitrogens with one attached hydrogen (secondary N) is 2. The van der Waals surface area contributed by atoms with Gasteiger partial charge in [-0.3, -0.25) is 9.52 Å². The van der Waals surface area contributed by atoms with E-state index in [2.05, 4.69) is 10.0 Å². The summed E-state index contributed by atoms with van der Waals surface area (Å²) >= 11 is 6.25. The molecule has 2 N–H and O–H groups in total. The van der Waals surface area contributed by atoms with Crippen molar-refractivity contribution in [2.24, 2.45) is 0 Å². The van der Waals surface area contributed by atoms with Gasteiger partial charge in [-0.05, 0) is 61.2 Å². The van der Waals surface area contributed by atoms with Gasteiger partial charge in [-0.2, -0.15) is 0 Å². The molecule has 33 heavy (non-hydrogen) atoms. The number of sulfonamides is 1. The Kier molecular flexibility index (Phi) is 8.00. The zero-order valence-electron chi connectivity index (χ0n) is 18.8. The maximum absolute atomic E-state index is 12.7. The molecular formula is C25H27ClN2O4S. The van der Waals surface area contributed by atoms with Gasteiger partial charge in [-0.25, -0.2) is 8.42 Å². The van der Waals surface area contributed by atoms with Gasteiger partial charge in [-0.1, -0.05) is 61.3 Å². The minimum Gasteiger partial charge on any atom is -0.482 e. The van der Waals surface area contributed by atoms with Crippen LogP contribution in [0.15, 0.2) is 65.6 Å². The average molecular weight is 487 g/mol. The molecule has 174 valence electrons. The van der Waals surface area contributed by atoms with Crippen molar-refractivity contribution in [1.82, 2.24) is 0 Å². The summed E-state index contributed by atoms with van der Waals surface area (Å²) in [6, 6.07) is 17.1. The number of carbonyl (C=O) groups is 1. The lowest BCUT2D eigenvalue weighted by Crippen LogP contribution is -2.22. The van der Waals surface area contributed by atoms with Crippen LogP contribution in [0.2, 0.25) is 5.02 Å². The van der Waals surface area contributed by atoms with Crippen molar-refractivity contribution < 1.29 is 17.9 Å². The summed E-state index contributed by atoms with van der Waals surface area (Å²) in [5, 5.41) is 3.02. The second-order valence-electron chi connectivity index (χ2n) is 7.56. The molecule has 0 fully saturated rings. The summed E-state index contributed by atoms with van der Waals surface area (Å²) in [6.07, 6.45) is 1.59. The predicted molar refractivity (Wildman–Crippen MR) is 133 cm³/mol.